The lowest BCUT2D eigenvalue weighted by Crippen LogP contribution is -2.35. The molecule has 4 unspecified atom stereocenters. The number of nitrogens with one attached hydrogen (secondary N) is 1. The summed E-state index contributed by atoms with van der Waals surface area (Å²) in [5.41, 5.74) is 0. The smallest absolute Gasteiger partial charge is 0.407 e. The molecule has 3 aliphatic rings. The van der Waals surface area contributed by atoms with Gasteiger partial charge in [0.15, 0.2) is 0 Å². The van der Waals surface area contributed by atoms with Crippen molar-refractivity contribution in [1.29, 1.82) is 0 Å². The molecule has 7 nitrogen and oxygen atoms in total. The van der Waals surface area contributed by atoms with Crippen molar-refractivity contribution >= 4 is 29.2 Å². The van der Waals surface area contributed by atoms with E-state index in [1.165, 1.54) is 9.78 Å². The number of rotatable bonds is 8. The number of fused-ring (bicyclic) bond motifs is 5. The molecule has 146 valence electrons. The Kier molecular flexibility index (Phi) is 5.45. The van der Waals surface area contributed by atoms with Gasteiger partial charge in [-0.2, -0.15) is 0 Å². The molecule has 4 rings (SSSR count). The molecule has 1 N–H and O–H groups in total. The van der Waals surface area contributed by atoms with Gasteiger partial charge in [0, 0.05) is 18.0 Å². The molecule has 0 aliphatic carbocycles. The number of ether oxygens (including phenoxy) is 2. The van der Waals surface area contributed by atoms with E-state index in [1.54, 1.807) is 11.3 Å². The highest BCUT2D eigenvalue weighted by Crippen LogP contribution is 2.48. The van der Waals surface area contributed by atoms with Gasteiger partial charge in [0.2, 0.25) is 11.8 Å². The van der Waals surface area contributed by atoms with Crippen molar-refractivity contribution in [2.45, 2.75) is 44.3 Å². The van der Waals surface area contributed by atoms with Crippen molar-refractivity contribution < 1.29 is 23.9 Å². The Morgan fingerprint density at radius 3 is 2.63 bits per heavy atom. The summed E-state index contributed by atoms with van der Waals surface area (Å²) >= 11 is 1.66. The van der Waals surface area contributed by atoms with Crippen LogP contribution in [0.5, 0.6) is 0 Å². The zero-order valence-corrected chi connectivity index (χ0v) is 15.9. The van der Waals surface area contributed by atoms with Crippen LogP contribution < -0.4 is 5.32 Å². The average molecular weight is 392 g/mol. The lowest BCUT2D eigenvalue weighted by atomic mass is 9.81. The normalized spacial score (nSPS) is 28.7. The van der Waals surface area contributed by atoms with Crippen LogP contribution in [0.1, 0.15) is 30.6 Å². The van der Waals surface area contributed by atoms with E-state index in [1.807, 2.05) is 17.5 Å². The Bertz CT molecular complexity index is 679. The fourth-order valence-electron chi connectivity index (χ4n) is 4.32. The third-order valence-electron chi connectivity index (χ3n) is 5.61. The Morgan fingerprint density at radius 1 is 1.22 bits per heavy atom. The number of carbonyl (C=O) groups excluding carboxylic acids is 3. The minimum Gasteiger partial charge on any atom is -0.450 e. The largest absolute Gasteiger partial charge is 0.450 e. The summed E-state index contributed by atoms with van der Waals surface area (Å²) in [5, 5.41) is 4.73. The molecule has 8 heteroatoms. The molecule has 0 radical (unpaired) electrons. The molecule has 4 heterocycles. The molecular weight excluding hydrogens is 368 g/mol. The standard InChI is InChI=1S/C19H24N2O5S/c22-17-15-13-5-6-14(26-13)16(15)18(23)21(17)9-1-2-10-25-19(24)20-8-7-12-4-3-11-27-12/h3-4,11,13-16H,1-2,5-10H2,(H,20,24). The predicted octanol–water partition coefficient (Wildman–Crippen LogP) is 1.96. The second-order valence-electron chi connectivity index (χ2n) is 7.27. The summed E-state index contributed by atoms with van der Waals surface area (Å²) in [6.45, 7) is 1.22. The fraction of sp³-hybridized carbons (Fsp3) is 0.632. The molecule has 3 aliphatic heterocycles. The van der Waals surface area contributed by atoms with Crippen LogP contribution in [0.25, 0.3) is 0 Å². The lowest BCUT2D eigenvalue weighted by Gasteiger charge is -2.17. The predicted molar refractivity (Wildman–Crippen MR) is 98.2 cm³/mol. The quantitative estimate of drug-likeness (QED) is 0.540. The van der Waals surface area contributed by atoms with E-state index in [4.69, 9.17) is 9.47 Å². The summed E-state index contributed by atoms with van der Waals surface area (Å²) in [6.07, 6.45) is 3.25. The average Bonchev–Trinajstić information content (AvgIpc) is 3.42. The van der Waals surface area contributed by atoms with E-state index in [0.29, 0.717) is 25.9 Å². The van der Waals surface area contributed by atoms with E-state index in [0.717, 1.165) is 19.3 Å². The monoisotopic (exact) mass is 392 g/mol. The van der Waals surface area contributed by atoms with Gasteiger partial charge in [-0.3, -0.25) is 14.5 Å². The zero-order valence-electron chi connectivity index (χ0n) is 15.1. The first kappa shape index (κ1) is 18.4. The number of imide groups is 1. The second-order valence-corrected chi connectivity index (χ2v) is 8.30. The number of likely N-dealkylation sites (tertiary alicyclic amines) is 1. The molecule has 2 bridgehead atoms. The molecule has 1 aromatic heterocycles. The van der Waals surface area contributed by atoms with Gasteiger partial charge in [0.05, 0.1) is 30.7 Å². The Morgan fingerprint density at radius 2 is 1.96 bits per heavy atom. The van der Waals surface area contributed by atoms with Crippen LogP contribution in [0.15, 0.2) is 17.5 Å². The van der Waals surface area contributed by atoms with Crippen LogP contribution in [0.2, 0.25) is 0 Å². The Hall–Kier alpha value is -1.93. The van der Waals surface area contributed by atoms with E-state index in [9.17, 15) is 14.4 Å². The van der Waals surface area contributed by atoms with E-state index in [2.05, 4.69) is 5.32 Å². The Balaban J connectivity index is 1.11. The first-order valence-corrected chi connectivity index (χ1v) is 10.5. The van der Waals surface area contributed by atoms with Gasteiger partial charge in [-0.05, 0) is 43.6 Å². The molecule has 3 amide bonds. The van der Waals surface area contributed by atoms with Crippen molar-refractivity contribution in [3.8, 4) is 0 Å². The summed E-state index contributed by atoms with van der Waals surface area (Å²) in [7, 11) is 0. The first-order valence-electron chi connectivity index (χ1n) is 9.59. The van der Waals surface area contributed by atoms with Gasteiger partial charge in [-0.1, -0.05) is 6.07 Å². The number of hydrogen-bond acceptors (Lipinski definition) is 6. The van der Waals surface area contributed by atoms with Crippen molar-refractivity contribution in [3.05, 3.63) is 22.4 Å². The highest BCUT2D eigenvalue weighted by molar-refractivity contribution is 7.09. The molecule has 0 aromatic carbocycles. The second kappa shape index (κ2) is 7.98. The molecule has 0 spiro atoms. The third kappa shape index (κ3) is 3.73. The minimum atomic E-state index is -0.428. The first-order chi connectivity index (χ1) is 13.1. The summed E-state index contributed by atoms with van der Waals surface area (Å²) in [5.74, 6) is -0.683. The van der Waals surface area contributed by atoms with Gasteiger partial charge in [0.25, 0.3) is 0 Å². The van der Waals surface area contributed by atoms with Gasteiger partial charge in [0.1, 0.15) is 0 Å². The fourth-order valence-corrected chi connectivity index (χ4v) is 5.03. The van der Waals surface area contributed by atoms with Gasteiger partial charge in [-0.15, -0.1) is 11.3 Å². The molecular formula is C19H24N2O5S. The number of nitrogens with zero attached hydrogens (tertiary/aromatic N) is 1. The number of alkyl carbamates (subject to hydrolysis) is 1. The van der Waals surface area contributed by atoms with E-state index >= 15 is 0 Å². The number of unbranched alkanes of at least 4 members (excludes halogenated alkanes) is 1. The summed E-state index contributed by atoms with van der Waals surface area (Å²) in [4.78, 5) is 39.3. The minimum absolute atomic E-state index is 0.0670. The van der Waals surface area contributed by atoms with Crippen molar-refractivity contribution in [2.75, 3.05) is 19.7 Å². The third-order valence-corrected chi connectivity index (χ3v) is 6.54. The molecule has 3 fully saturated rings. The molecule has 0 saturated carbocycles. The van der Waals surface area contributed by atoms with Crippen LogP contribution >= 0.6 is 11.3 Å². The number of thiophene rings is 1. The van der Waals surface area contributed by atoms with Crippen LogP contribution in [0, 0.1) is 11.8 Å². The van der Waals surface area contributed by atoms with E-state index < -0.39 is 6.09 Å². The maximum Gasteiger partial charge on any atom is 0.407 e. The van der Waals surface area contributed by atoms with Crippen LogP contribution in [0.4, 0.5) is 4.79 Å². The lowest BCUT2D eigenvalue weighted by molar-refractivity contribution is -0.142. The maximum absolute atomic E-state index is 12.5. The highest BCUT2D eigenvalue weighted by Gasteiger charge is 2.62. The Labute approximate surface area is 162 Å². The molecule has 4 atom stereocenters. The van der Waals surface area contributed by atoms with Crippen LogP contribution in [-0.4, -0.2) is 54.7 Å². The highest BCUT2D eigenvalue weighted by atomic mass is 32.1. The van der Waals surface area contributed by atoms with Crippen molar-refractivity contribution in [3.63, 3.8) is 0 Å². The zero-order chi connectivity index (χ0) is 18.8. The van der Waals surface area contributed by atoms with Gasteiger partial charge >= 0.3 is 6.09 Å². The van der Waals surface area contributed by atoms with Crippen LogP contribution in [-0.2, 0) is 25.5 Å². The van der Waals surface area contributed by atoms with Crippen molar-refractivity contribution in [1.82, 2.24) is 10.2 Å². The number of hydrogen-bond donors (Lipinski definition) is 1. The van der Waals surface area contributed by atoms with Crippen molar-refractivity contribution in [2.24, 2.45) is 11.8 Å². The van der Waals surface area contributed by atoms with Gasteiger partial charge < -0.3 is 14.8 Å². The summed E-state index contributed by atoms with van der Waals surface area (Å²) in [6, 6.07) is 4.02. The van der Waals surface area contributed by atoms with Gasteiger partial charge in [-0.25, -0.2) is 4.79 Å². The SMILES string of the molecule is O=C(NCCc1cccs1)OCCCCN1C(=O)C2C3CCC(O3)C2C1=O. The van der Waals surface area contributed by atoms with Crippen LogP contribution in [0.3, 0.4) is 0 Å². The summed E-state index contributed by atoms with van der Waals surface area (Å²) < 4.78 is 10.9. The topological polar surface area (TPSA) is 84.9 Å². The molecule has 3 saturated heterocycles. The maximum atomic E-state index is 12.5. The molecule has 27 heavy (non-hydrogen) atoms. The van der Waals surface area contributed by atoms with E-state index in [-0.39, 0.29) is 42.5 Å². The molecule has 1 aromatic rings. The number of carbonyl (C=O) groups is 3. The number of amides is 3.